The summed E-state index contributed by atoms with van der Waals surface area (Å²) in [6, 6.07) is 8.25. The van der Waals surface area contributed by atoms with Crippen LogP contribution in [0.1, 0.15) is 5.69 Å². The monoisotopic (exact) mass is 382 g/mol. The standard InChI is InChI=1S/C20H16ClFN4O/c1-2-18(27)25-9-10-26-17(12-25)19(13-5-7-23-8-6-13)20(24-26)15-4-3-14(21)11-16(15)22/h2-8,11H,1,9-10,12H2. The molecule has 0 radical (unpaired) electrons. The van der Waals surface area contributed by atoms with Crippen LogP contribution in [0.25, 0.3) is 22.4 Å². The van der Waals surface area contributed by atoms with Gasteiger partial charge in [-0.25, -0.2) is 4.39 Å². The van der Waals surface area contributed by atoms with Crippen molar-refractivity contribution in [2.45, 2.75) is 13.1 Å². The first-order valence-corrected chi connectivity index (χ1v) is 8.83. The van der Waals surface area contributed by atoms with Crippen molar-refractivity contribution >= 4 is 17.5 Å². The van der Waals surface area contributed by atoms with Crippen LogP contribution in [0, 0.1) is 5.82 Å². The van der Waals surface area contributed by atoms with Gasteiger partial charge in [0, 0.05) is 35.1 Å². The molecule has 4 rings (SSSR count). The molecule has 0 fully saturated rings. The third kappa shape index (κ3) is 3.13. The fraction of sp³-hybridized carbons (Fsp3) is 0.150. The molecule has 0 saturated carbocycles. The van der Waals surface area contributed by atoms with Gasteiger partial charge in [-0.05, 0) is 42.0 Å². The Morgan fingerprint density at radius 3 is 2.70 bits per heavy atom. The Morgan fingerprint density at radius 2 is 2.00 bits per heavy atom. The van der Waals surface area contributed by atoms with Crippen molar-refractivity contribution < 1.29 is 9.18 Å². The van der Waals surface area contributed by atoms with Crippen molar-refractivity contribution in [3.63, 3.8) is 0 Å². The van der Waals surface area contributed by atoms with E-state index in [0.29, 0.717) is 35.9 Å². The molecule has 1 aromatic carbocycles. The van der Waals surface area contributed by atoms with Crippen LogP contribution in [0.5, 0.6) is 0 Å². The van der Waals surface area contributed by atoms with Gasteiger partial charge in [-0.15, -0.1) is 0 Å². The quantitative estimate of drug-likeness (QED) is 0.645. The molecule has 1 aliphatic rings. The number of hydrogen-bond acceptors (Lipinski definition) is 3. The van der Waals surface area contributed by atoms with Gasteiger partial charge in [-0.1, -0.05) is 18.2 Å². The second-order valence-electron chi connectivity index (χ2n) is 6.22. The normalized spacial score (nSPS) is 13.3. The molecule has 0 unspecified atom stereocenters. The van der Waals surface area contributed by atoms with Crippen molar-refractivity contribution in [3.8, 4) is 22.4 Å². The summed E-state index contributed by atoms with van der Waals surface area (Å²) in [5.41, 5.74) is 3.41. The van der Waals surface area contributed by atoms with Crippen molar-refractivity contribution in [1.82, 2.24) is 19.7 Å². The van der Waals surface area contributed by atoms with Gasteiger partial charge in [0.2, 0.25) is 5.91 Å². The first kappa shape index (κ1) is 17.4. The number of pyridine rings is 1. The molecule has 0 N–H and O–H groups in total. The molecule has 1 aliphatic heterocycles. The Hall–Kier alpha value is -2.99. The van der Waals surface area contributed by atoms with E-state index in [2.05, 4.69) is 16.7 Å². The predicted octanol–water partition coefficient (Wildman–Crippen LogP) is 3.93. The lowest BCUT2D eigenvalue weighted by Crippen LogP contribution is -2.37. The van der Waals surface area contributed by atoms with Gasteiger partial charge in [0.1, 0.15) is 11.5 Å². The summed E-state index contributed by atoms with van der Waals surface area (Å²) in [5.74, 6) is -0.574. The van der Waals surface area contributed by atoms with Crippen molar-refractivity contribution in [2.24, 2.45) is 0 Å². The molecule has 136 valence electrons. The summed E-state index contributed by atoms with van der Waals surface area (Å²) in [6.45, 7) is 5.00. The molecule has 7 heteroatoms. The second-order valence-corrected chi connectivity index (χ2v) is 6.65. The minimum atomic E-state index is -0.438. The van der Waals surface area contributed by atoms with E-state index in [1.807, 2.05) is 16.8 Å². The highest BCUT2D eigenvalue weighted by Crippen LogP contribution is 2.37. The average Bonchev–Trinajstić information content (AvgIpc) is 3.06. The Morgan fingerprint density at radius 1 is 1.22 bits per heavy atom. The van der Waals surface area contributed by atoms with Crippen LogP contribution in [0.15, 0.2) is 55.4 Å². The first-order chi connectivity index (χ1) is 13.1. The zero-order valence-corrected chi connectivity index (χ0v) is 15.2. The van der Waals surface area contributed by atoms with Crippen LogP contribution < -0.4 is 0 Å². The molecule has 1 amide bonds. The average molecular weight is 383 g/mol. The van der Waals surface area contributed by atoms with Gasteiger partial charge in [0.15, 0.2) is 0 Å². The number of benzene rings is 1. The summed E-state index contributed by atoms with van der Waals surface area (Å²) in [4.78, 5) is 17.9. The van der Waals surface area contributed by atoms with Gasteiger partial charge in [0.25, 0.3) is 0 Å². The maximum absolute atomic E-state index is 14.6. The van der Waals surface area contributed by atoms with Crippen LogP contribution in [-0.2, 0) is 17.9 Å². The zero-order valence-electron chi connectivity index (χ0n) is 14.4. The molecule has 0 bridgehead atoms. The number of amides is 1. The van der Waals surface area contributed by atoms with E-state index < -0.39 is 5.82 Å². The maximum atomic E-state index is 14.6. The lowest BCUT2D eigenvalue weighted by atomic mass is 9.98. The number of hydrogen-bond donors (Lipinski definition) is 0. The molecule has 5 nitrogen and oxygen atoms in total. The Kier molecular flexibility index (Phi) is 4.49. The van der Waals surface area contributed by atoms with Crippen LogP contribution >= 0.6 is 11.6 Å². The van der Waals surface area contributed by atoms with E-state index in [4.69, 9.17) is 11.6 Å². The summed E-state index contributed by atoms with van der Waals surface area (Å²) in [6.07, 6.45) is 4.66. The SMILES string of the molecule is C=CC(=O)N1CCn2nc(-c3ccc(Cl)cc3F)c(-c3ccncc3)c2C1. The highest BCUT2D eigenvalue weighted by atomic mass is 35.5. The van der Waals surface area contributed by atoms with Crippen LogP contribution in [0.2, 0.25) is 5.02 Å². The fourth-order valence-electron chi connectivity index (χ4n) is 3.33. The molecule has 0 aliphatic carbocycles. The lowest BCUT2D eigenvalue weighted by Gasteiger charge is -2.27. The third-order valence-corrected chi connectivity index (χ3v) is 4.86. The van der Waals surface area contributed by atoms with Crippen LogP contribution in [-0.4, -0.2) is 32.1 Å². The van der Waals surface area contributed by atoms with E-state index in [1.165, 1.54) is 12.1 Å². The van der Waals surface area contributed by atoms with E-state index in [9.17, 15) is 9.18 Å². The van der Waals surface area contributed by atoms with E-state index in [1.54, 1.807) is 29.4 Å². The number of aromatic nitrogens is 3. The van der Waals surface area contributed by atoms with Crippen LogP contribution in [0.3, 0.4) is 0 Å². The largest absolute Gasteiger partial charge is 0.331 e. The second kappa shape index (κ2) is 6.96. The van der Waals surface area contributed by atoms with Gasteiger partial charge in [-0.2, -0.15) is 5.10 Å². The lowest BCUT2D eigenvalue weighted by molar-refractivity contribution is -0.127. The van der Waals surface area contributed by atoms with Gasteiger partial charge in [-0.3, -0.25) is 14.5 Å². The number of carbonyl (C=O) groups is 1. The van der Waals surface area contributed by atoms with Crippen LogP contribution in [0.4, 0.5) is 4.39 Å². The summed E-state index contributed by atoms with van der Waals surface area (Å²) >= 11 is 5.90. The van der Waals surface area contributed by atoms with Crippen molar-refractivity contribution in [2.75, 3.05) is 6.54 Å². The first-order valence-electron chi connectivity index (χ1n) is 8.45. The summed E-state index contributed by atoms with van der Waals surface area (Å²) < 4.78 is 16.5. The molecular weight excluding hydrogens is 367 g/mol. The highest BCUT2D eigenvalue weighted by Gasteiger charge is 2.28. The summed E-state index contributed by atoms with van der Waals surface area (Å²) in [5, 5.41) is 4.98. The Labute approximate surface area is 160 Å². The van der Waals surface area contributed by atoms with E-state index in [-0.39, 0.29) is 5.91 Å². The molecule has 27 heavy (non-hydrogen) atoms. The van der Waals surface area contributed by atoms with Gasteiger partial charge >= 0.3 is 0 Å². The topological polar surface area (TPSA) is 51.0 Å². The molecule has 2 aromatic heterocycles. The number of rotatable bonds is 3. The minimum absolute atomic E-state index is 0.137. The molecule has 3 aromatic rings. The number of fused-ring (bicyclic) bond motifs is 1. The highest BCUT2D eigenvalue weighted by molar-refractivity contribution is 6.30. The molecular formula is C20H16ClFN4O. The van der Waals surface area contributed by atoms with Gasteiger partial charge < -0.3 is 4.90 Å². The number of nitrogens with zero attached hydrogens (tertiary/aromatic N) is 4. The number of carbonyl (C=O) groups excluding carboxylic acids is 1. The molecule has 3 heterocycles. The Balaban J connectivity index is 1.92. The van der Waals surface area contributed by atoms with Gasteiger partial charge in [0.05, 0.1) is 18.8 Å². The third-order valence-electron chi connectivity index (χ3n) is 4.62. The van der Waals surface area contributed by atoms with Crippen molar-refractivity contribution in [3.05, 3.63) is 71.9 Å². The number of halogens is 2. The van der Waals surface area contributed by atoms with E-state index in [0.717, 1.165) is 16.8 Å². The smallest absolute Gasteiger partial charge is 0.246 e. The Bertz CT molecular complexity index is 1030. The summed E-state index contributed by atoms with van der Waals surface area (Å²) in [7, 11) is 0. The maximum Gasteiger partial charge on any atom is 0.246 e. The zero-order chi connectivity index (χ0) is 19.0. The van der Waals surface area contributed by atoms with Crippen molar-refractivity contribution in [1.29, 1.82) is 0 Å². The van der Waals surface area contributed by atoms with E-state index >= 15 is 0 Å². The molecule has 0 saturated heterocycles. The minimum Gasteiger partial charge on any atom is -0.331 e. The predicted molar refractivity (Wildman–Crippen MR) is 101 cm³/mol. The fourth-order valence-corrected chi connectivity index (χ4v) is 3.49. The molecule has 0 spiro atoms. The molecule has 0 atom stereocenters.